The van der Waals surface area contributed by atoms with Crippen molar-refractivity contribution in [3.8, 4) is 0 Å². The molecule has 0 aromatic carbocycles. The fourth-order valence-corrected chi connectivity index (χ4v) is 1.87. The molecule has 0 atom stereocenters. The largest absolute Gasteiger partial charge is 0.433 e. The molecule has 0 N–H and O–H groups in total. The van der Waals surface area contributed by atoms with E-state index in [1.807, 2.05) is 13.8 Å². The third kappa shape index (κ3) is 2.47. The predicted octanol–water partition coefficient (Wildman–Crippen LogP) is 3.26. The van der Waals surface area contributed by atoms with Crippen molar-refractivity contribution in [2.75, 3.05) is 0 Å². The number of nitrogens with zero attached hydrogens (tertiary/aromatic N) is 3. The Morgan fingerprint density at radius 3 is 2.50 bits per heavy atom. The molecule has 2 aromatic rings. The minimum Gasteiger partial charge on any atom is -0.234 e. The Balaban J connectivity index is 2.64. The van der Waals surface area contributed by atoms with Crippen LogP contribution in [-0.4, -0.2) is 14.6 Å². The summed E-state index contributed by atoms with van der Waals surface area (Å²) in [6.45, 7) is 5.54. The number of alkyl halides is 3. The molecule has 0 aliphatic heterocycles. The summed E-state index contributed by atoms with van der Waals surface area (Å²) in [6.07, 6.45) is -3.91. The van der Waals surface area contributed by atoms with Gasteiger partial charge in [0.25, 0.3) is 0 Å². The van der Waals surface area contributed by atoms with Gasteiger partial charge in [-0.05, 0) is 25.3 Å². The van der Waals surface area contributed by atoms with Gasteiger partial charge in [0.15, 0.2) is 5.65 Å². The first-order valence-electron chi connectivity index (χ1n) is 5.71. The summed E-state index contributed by atoms with van der Waals surface area (Å²) in [7, 11) is 0. The molecule has 98 valence electrons. The van der Waals surface area contributed by atoms with Crippen LogP contribution in [0, 0.1) is 12.8 Å². The molecule has 2 aromatic heterocycles. The Kier molecular flexibility index (Phi) is 3.04. The Morgan fingerprint density at radius 2 is 1.94 bits per heavy atom. The summed E-state index contributed by atoms with van der Waals surface area (Å²) in [4.78, 5) is 4.21. The molecule has 0 fully saturated rings. The van der Waals surface area contributed by atoms with Crippen LogP contribution in [0.5, 0.6) is 0 Å². The van der Waals surface area contributed by atoms with Gasteiger partial charge in [-0.2, -0.15) is 18.3 Å². The van der Waals surface area contributed by atoms with Crippen molar-refractivity contribution in [2.24, 2.45) is 5.92 Å². The molecule has 0 radical (unpaired) electrons. The lowest BCUT2D eigenvalue weighted by atomic mass is 10.1. The van der Waals surface area contributed by atoms with Crippen LogP contribution in [0.2, 0.25) is 0 Å². The van der Waals surface area contributed by atoms with Crippen LogP contribution in [0.15, 0.2) is 12.1 Å². The van der Waals surface area contributed by atoms with E-state index in [0.717, 1.165) is 10.6 Å². The van der Waals surface area contributed by atoms with Crippen LogP contribution in [0.25, 0.3) is 5.65 Å². The molecule has 18 heavy (non-hydrogen) atoms. The zero-order valence-electron chi connectivity index (χ0n) is 10.4. The fourth-order valence-electron chi connectivity index (χ4n) is 1.87. The number of aryl methyl sites for hydroxylation is 1. The van der Waals surface area contributed by atoms with Crippen LogP contribution in [0.3, 0.4) is 0 Å². The maximum absolute atomic E-state index is 13.0. The number of rotatable bonds is 2. The second kappa shape index (κ2) is 4.26. The van der Waals surface area contributed by atoms with E-state index < -0.39 is 11.9 Å². The summed E-state index contributed by atoms with van der Waals surface area (Å²) < 4.78 is 39.7. The second-order valence-electron chi connectivity index (χ2n) is 4.78. The van der Waals surface area contributed by atoms with Crippen LogP contribution in [0.1, 0.15) is 30.9 Å². The van der Waals surface area contributed by atoms with Gasteiger partial charge in [0.05, 0.1) is 5.69 Å². The van der Waals surface area contributed by atoms with Gasteiger partial charge in [0.2, 0.25) is 0 Å². The van der Waals surface area contributed by atoms with Crippen molar-refractivity contribution in [2.45, 2.75) is 33.4 Å². The molecular weight excluding hydrogens is 243 g/mol. The number of fused-ring (bicyclic) bond motifs is 1. The highest BCUT2D eigenvalue weighted by Crippen LogP contribution is 2.30. The minimum absolute atomic E-state index is 0.248. The smallest absolute Gasteiger partial charge is 0.234 e. The first kappa shape index (κ1) is 12.9. The summed E-state index contributed by atoms with van der Waals surface area (Å²) in [6, 6.07) is 2.64. The number of hydrogen-bond donors (Lipinski definition) is 0. The van der Waals surface area contributed by atoms with Crippen LogP contribution < -0.4 is 0 Å². The Morgan fingerprint density at radius 1 is 1.28 bits per heavy atom. The van der Waals surface area contributed by atoms with Gasteiger partial charge < -0.3 is 0 Å². The molecule has 0 aliphatic carbocycles. The van der Waals surface area contributed by atoms with E-state index in [0.29, 0.717) is 17.8 Å². The van der Waals surface area contributed by atoms with Gasteiger partial charge in [-0.15, -0.1) is 0 Å². The lowest BCUT2D eigenvalue weighted by molar-refractivity contribution is -0.142. The van der Waals surface area contributed by atoms with Gasteiger partial charge in [0.1, 0.15) is 5.69 Å². The van der Waals surface area contributed by atoms with E-state index in [1.54, 1.807) is 13.0 Å². The zero-order valence-corrected chi connectivity index (χ0v) is 10.4. The van der Waals surface area contributed by atoms with Crippen molar-refractivity contribution in [3.63, 3.8) is 0 Å². The topological polar surface area (TPSA) is 30.2 Å². The highest BCUT2D eigenvalue weighted by Gasteiger charge is 2.35. The maximum Gasteiger partial charge on any atom is 0.433 e. The SMILES string of the molecule is Cc1cc2nc(CC(C)C)cc(C(F)(F)F)n2n1. The highest BCUT2D eigenvalue weighted by molar-refractivity contribution is 5.42. The van der Waals surface area contributed by atoms with E-state index in [9.17, 15) is 13.2 Å². The Bertz CT molecular complexity index is 570. The van der Waals surface area contributed by atoms with Gasteiger partial charge in [-0.1, -0.05) is 13.8 Å². The molecule has 0 saturated carbocycles. The van der Waals surface area contributed by atoms with E-state index in [1.165, 1.54) is 0 Å². The summed E-state index contributed by atoms with van der Waals surface area (Å²) in [5.74, 6) is 0.255. The average molecular weight is 257 g/mol. The second-order valence-corrected chi connectivity index (χ2v) is 4.78. The van der Waals surface area contributed by atoms with Gasteiger partial charge >= 0.3 is 6.18 Å². The summed E-state index contributed by atoms with van der Waals surface area (Å²) >= 11 is 0. The third-order valence-corrected chi connectivity index (χ3v) is 2.51. The van der Waals surface area contributed by atoms with Crippen molar-refractivity contribution in [1.29, 1.82) is 0 Å². The standard InChI is InChI=1S/C12H14F3N3/c1-7(2)4-9-6-10(12(13,14)15)18-11(16-9)5-8(3)17-18/h5-7H,4H2,1-3H3. The molecule has 0 unspecified atom stereocenters. The number of halogens is 3. The average Bonchev–Trinajstić information content (AvgIpc) is 2.54. The number of aromatic nitrogens is 3. The van der Waals surface area contributed by atoms with Gasteiger partial charge in [0, 0.05) is 11.8 Å². The summed E-state index contributed by atoms with van der Waals surface area (Å²) in [5, 5.41) is 3.83. The van der Waals surface area contributed by atoms with Gasteiger partial charge in [-0.25, -0.2) is 9.50 Å². The van der Waals surface area contributed by atoms with Gasteiger partial charge in [-0.3, -0.25) is 0 Å². The zero-order chi connectivity index (χ0) is 13.5. The van der Waals surface area contributed by atoms with E-state index in [-0.39, 0.29) is 11.6 Å². The van der Waals surface area contributed by atoms with Crippen LogP contribution in [0.4, 0.5) is 13.2 Å². The normalized spacial score (nSPS) is 12.6. The molecule has 2 rings (SSSR count). The summed E-state index contributed by atoms with van der Waals surface area (Å²) in [5.41, 5.74) is 0.452. The molecule has 6 heteroatoms. The maximum atomic E-state index is 13.0. The number of hydrogen-bond acceptors (Lipinski definition) is 2. The third-order valence-electron chi connectivity index (χ3n) is 2.51. The van der Waals surface area contributed by atoms with Crippen molar-refractivity contribution >= 4 is 5.65 Å². The molecule has 2 heterocycles. The van der Waals surface area contributed by atoms with Crippen molar-refractivity contribution in [1.82, 2.24) is 14.6 Å². The lowest BCUT2D eigenvalue weighted by Crippen LogP contribution is -2.15. The molecular formula is C12H14F3N3. The lowest BCUT2D eigenvalue weighted by Gasteiger charge is -2.11. The molecule has 0 spiro atoms. The fraction of sp³-hybridized carbons (Fsp3) is 0.500. The van der Waals surface area contributed by atoms with Crippen LogP contribution in [-0.2, 0) is 12.6 Å². The molecule has 0 amide bonds. The monoisotopic (exact) mass is 257 g/mol. The van der Waals surface area contributed by atoms with Crippen LogP contribution >= 0.6 is 0 Å². The van der Waals surface area contributed by atoms with E-state index in [4.69, 9.17) is 0 Å². The Labute approximate surface area is 103 Å². The molecule has 3 nitrogen and oxygen atoms in total. The van der Waals surface area contributed by atoms with Crippen molar-refractivity contribution < 1.29 is 13.2 Å². The van der Waals surface area contributed by atoms with E-state index in [2.05, 4.69) is 10.1 Å². The minimum atomic E-state index is -4.43. The van der Waals surface area contributed by atoms with E-state index >= 15 is 0 Å². The first-order valence-corrected chi connectivity index (χ1v) is 5.71. The molecule has 0 bridgehead atoms. The Hall–Kier alpha value is -1.59. The predicted molar refractivity (Wildman–Crippen MR) is 61.3 cm³/mol. The highest BCUT2D eigenvalue weighted by atomic mass is 19.4. The first-order chi connectivity index (χ1) is 8.27. The molecule has 0 saturated heterocycles. The molecule has 0 aliphatic rings. The van der Waals surface area contributed by atoms with Crippen molar-refractivity contribution in [3.05, 3.63) is 29.2 Å². The quantitative estimate of drug-likeness (QED) is 0.826.